The molecule has 21 N–H and O–H groups in total. The van der Waals surface area contributed by atoms with Crippen LogP contribution in [0.2, 0.25) is 0 Å². The van der Waals surface area contributed by atoms with Gasteiger partial charge in [0.05, 0.1) is 77.4 Å². The van der Waals surface area contributed by atoms with Gasteiger partial charge in [0.2, 0.25) is 17.8 Å². The Labute approximate surface area is 773 Å². The van der Waals surface area contributed by atoms with E-state index in [-0.39, 0.29) is 115 Å². The molecular formula is C59H65F6N31O27P6S6. The van der Waals surface area contributed by atoms with E-state index in [1.165, 1.54) is 49.9 Å². The number of halogens is 6. The monoisotopic (exact) mass is 2130 g/mol. The first kappa shape index (κ1) is 95.9. The number of ether oxygens (including phenoxy) is 6. The normalized spacial score (nSPS) is 37.0. The summed E-state index contributed by atoms with van der Waals surface area (Å²) in [7, 11) is 0. The van der Waals surface area contributed by atoms with Gasteiger partial charge in [-0.15, -0.1) is 5.10 Å². The van der Waals surface area contributed by atoms with Gasteiger partial charge >= 0.3 is 46.2 Å². The lowest BCUT2D eigenvalue weighted by molar-refractivity contribution is -0.118. The van der Waals surface area contributed by atoms with Crippen molar-refractivity contribution in [3.8, 4) is 0 Å². The fourth-order valence-electron chi connectivity index (χ4n) is 15.6. The van der Waals surface area contributed by atoms with E-state index in [2.05, 4.69) is 95.0 Å². The van der Waals surface area contributed by atoms with Gasteiger partial charge in [0.15, 0.2) is 142 Å². The quantitative estimate of drug-likeness (QED) is 0.0721. The third-order valence-electron chi connectivity index (χ3n) is 21.6. The summed E-state index contributed by atoms with van der Waals surface area (Å²) in [5, 5.41) is 7.55. The number of imidazole rings is 5. The van der Waals surface area contributed by atoms with Crippen LogP contribution in [0.15, 0.2) is 65.0 Å². The largest absolute Gasteiger partial charge is 0.382 e. The van der Waals surface area contributed by atoms with Crippen LogP contribution in [0.3, 0.4) is 0 Å². The van der Waals surface area contributed by atoms with Crippen LogP contribution in [0.4, 0.5) is 61.6 Å². The molecule has 726 valence electrons. The van der Waals surface area contributed by atoms with Crippen LogP contribution in [-0.2, 0) is 154 Å². The van der Waals surface area contributed by atoms with Crippen LogP contribution in [0.1, 0.15) is 43.8 Å². The van der Waals surface area contributed by atoms with E-state index < -0.39 is 231 Å². The highest BCUT2D eigenvalue weighted by Gasteiger charge is 2.64. The van der Waals surface area contributed by atoms with Crippen molar-refractivity contribution < 1.29 is 138 Å². The molecule has 21 rings (SSSR count). The number of aromatic amines is 3. The van der Waals surface area contributed by atoms with Crippen LogP contribution in [0.5, 0.6) is 0 Å². The van der Waals surface area contributed by atoms with E-state index in [9.17, 15) is 43.7 Å². The molecule has 12 aromatic rings. The van der Waals surface area contributed by atoms with Crippen LogP contribution in [0, 0.1) is 0 Å². The molecule has 12 aromatic heterocycles. The molecule has 9 aliphatic rings. The minimum Gasteiger partial charge on any atom is -0.382 e. The maximum Gasteiger partial charge on any atom is 0.325 e. The molecule has 58 nitrogen and oxygen atoms in total. The minimum absolute atomic E-state index is 0.0124. The molecule has 21 heterocycles. The highest BCUT2D eigenvalue weighted by Crippen LogP contribution is 2.61. The van der Waals surface area contributed by atoms with E-state index in [0.717, 1.165) is 28.2 Å². The van der Waals surface area contributed by atoms with Crippen molar-refractivity contribution in [1.29, 1.82) is 0 Å². The average molecular weight is 2130 g/mol. The number of fused-ring (bicyclic) bond motifs is 15. The Morgan fingerprint density at radius 3 is 1.15 bits per heavy atom. The van der Waals surface area contributed by atoms with Crippen LogP contribution < -0.4 is 51.1 Å². The van der Waals surface area contributed by atoms with Crippen molar-refractivity contribution in [2.45, 2.75) is 148 Å². The first-order valence-electron chi connectivity index (χ1n) is 38.5. The van der Waals surface area contributed by atoms with E-state index in [1.807, 2.05) is 0 Å². The Balaban J connectivity index is 0.000000130. The molecule has 76 heteroatoms. The number of H-pyrrole nitrogens is 3. The van der Waals surface area contributed by atoms with Crippen molar-refractivity contribution in [3.63, 3.8) is 0 Å². The van der Waals surface area contributed by atoms with Crippen molar-refractivity contribution in [3.05, 3.63) is 81.7 Å². The van der Waals surface area contributed by atoms with Crippen molar-refractivity contribution in [1.82, 2.24) is 123 Å². The molecule has 0 radical (unpaired) electrons. The second kappa shape index (κ2) is 36.2. The molecule has 6 bridgehead atoms. The summed E-state index contributed by atoms with van der Waals surface area (Å²) in [6, 6.07) is 0. The Morgan fingerprint density at radius 1 is 0.363 bits per heavy atom. The first-order chi connectivity index (χ1) is 63.9. The standard InChI is InChI=1S/C20H21F3N10O9P2S2.C20H23FN10O9P2S2.C19H21F2N11O9P2S2/c21-8-11-6(39-17(8)32-4-28-9-13(24)26-3-27-14(9)32)1-37-44(36,46)42-12-18(33-5-29-10-15(33)30-19(25)31-16(10)34)40-7(20(12,22)23)2-38-43(35,45)41-11;21-10-13-9(38-19(10)30-5-26-11-14(22)24-4-25-15(11)30)3-36-41(33,43)39-8-1-7(2-35-42(34,44)40-13)37-18(8)31-6-27-12-16(31)28-20(23)29-17(12)32;20-7-5-1-36-42(34,44)40-11-6(39-17(8(11)21)31-4-26-9-13(22)24-3-25-14(9)31)2-37-43(35,45)41-12(7)18(38-5)32-15-10(29-30-32)16(33)28-19(23)27-15/h3-8,11-12,17-18H,1-2H2,(H,35,45)(H,36,46)(H2,24,26,27)(H3,25,30,31,34);4-10,13,18-19H,1-3H2,(H,33,43)(H,34,44)(H2,22,24,25)(H3,23,28,29,32);3-8,11-12,17-18H,1-2H2,(H,34,44)(H,35,45)(H2,22,24,25)(H3,23,27,28,33)/t6-,7-,8+,11-,12+,17-,18-,43?,44?;7-,8+,9+,10-,13+,18+,19+,41?,42?;5-,6-,7+,8+,11-,12-,17-,18-,42?,43?/m101/s1. The fourth-order valence-corrected chi connectivity index (χ4v) is 24.2. The van der Waals surface area contributed by atoms with Gasteiger partial charge in [0, 0.05) is 6.42 Å². The molecule has 9 saturated heterocycles. The number of nitrogen functional groups attached to an aromatic ring is 6. The number of rotatable bonds is 6. The van der Waals surface area contributed by atoms with Gasteiger partial charge in [-0.05, 0) is 70.8 Å². The molecule has 9 fully saturated rings. The summed E-state index contributed by atoms with van der Waals surface area (Å²) in [5.74, 6) is -4.70. The summed E-state index contributed by atoms with van der Waals surface area (Å²) in [5.41, 5.74) is 32.5. The summed E-state index contributed by atoms with van der Waals surface area (Å²) < 4.78 is 203. The third kappa shape index (κ3) is 18.7. The Bertz CT molecular complexity index is 7170. The molecule has 28 atom stereocenters. The lowest BCUT2D eigenvalue weighted by Crippen LogP contribution is -2.42. The van der Waals surface area contributed by atoms with Gasteiger partial charge in [-0.3, -0.25) is 74.8 Å². The summed E-state index contributed by atoms with van der Waals surface area (Å²) in [6.45, 7) is -30.2. The molecule has 0 aromatic carbocycles. The van der Waals surface area contributed by atoms with Crippen LogP contribution in [-0.4, -0.2) is 295 Å². The van der Waals surface area contributed by atoms with E-state index in [1.54, 1.807) is 0 Å². The third-order valence-corrected chi connectivity index (χ3v) is 30.9. The maximum absolute atomic E-state index is 16.0. The Morgan fingerprint density at radius 2 is 0.711 bits per heavy atom. The molecular weight excluding hydrogens is 2070 g/mol. The van der Waals surface area contributed by atoms with Gasteiger partial charge in [-0.25, -0.2) is 81.2 Å². The first-order valence-corrected chi connectivity index (χ1v) is 54.1. The van der Waals surface area contributed by atoms with Gasteiger partial charge in [-0.2, -0.15) is 19.6 Å². The molecule has 135 heavy (non-hydrogen) atoms. The highest BCUT2D eigenvalue weighted by molar-refractivity contribution is 8.08. The molecule has 0 aliphatic carbocycles. The van der Waals surface area contributed by atoms with Crippen LogP contribution >= 0.6 is 40.3 Å². The van der Waals surface area contributed by atoms with E-state index in [0.29, 0.717) is 0 Å². The number of anilines is 6. The predicted molar refractivity (Wildman–Crippen MR) is 461 cm³/mol. The maximum atomic E-state index is 16.0. The summed E-state index contributed by atoms with van der Waals surface area (Å²) >= 11 is 30.8. The topological polar surface area (TPSA) is 778 Å². The zero-order valence-corrected chi connectivity index (χ0v) is 77.0. The lowest BCUT2D eigenvalue weighted by atomic mass is 10.1. The summed E-state index contributed by atoms with van der Waals surface area (Å²) in [4.78, 5) is 165. The van der Waals surface area contributed by atoms with Gasteiger partial charge in [0.1, 0.15) is 90.5 Å². The number of nitrogens with two attached hydrogens (primary N) is 6. The lowest BCUT2D eigenvalue weighted by Gasteiger charge is -2.28. The highest BCUT2D eigenvalue weighted by atomic mass is 32.5. The molecule has 0 saturated carbocycles. The Hall–Kier alpha value is -8.05. The molecule has 0 amide bonds. The Kier molecular flexibility index (Phi) is 25.7. The zero-order chi connectivity index (χ0) is 95.6. The van der Waals surface area contributed by atoms with Crippen molar-refractivity contribution in [2.75, 3.05) is 74.0 Å². The predicted octanol–water partition coefficient (Wildman–Crippen LogP) is -0.719. The van der Waals surface area contributed by atoms with Crippen LogP contribution in [0.25, 0.3) is 67.0 Å². The molecule has 0 spiro atoms. The summed E-state index contributed by atoms with van der Waals surface area (Å²) in [6.07, 6.45) is -26.2. The fraction of sp³-hybridized carbons (Fsp3) is 0.508. The van der Waals surface area contributed by atoms with Gasteiger partial charge < -0.3 is 124 Å². The average Bonchev–Trinajstić information content (AvgIpc) is 1.60. The number of nitrogens with zero attached hydrogens (tertiary/aromatic N) is 22. The van der Waals surface area contributed by atoms with Crippen molar-refractivity contribution >= 4 is 213 Å². The number of aromatic nitrogens is 25. The number of hydrogen-bond acceptors (Lipinski definition) is 49. The smallest absolute Gasteiger partial charge is 0.325 e. The number of nitrogens with one attached hydrogen (secondary N) is 3. The second-order valence-corrected chi connectivity index (χ2v) is 46.8. The minimum atomic E-state index is -4.63. The molecule has 9 aliphatic heterocycles. The van der Waals surface area contributed by atoms with E-state index in [4.69, 9.17) is 188 Å². The molecule has 6 unspecified atom stereocenters. The van der Waals surface area contributed by atoms with Gasteiger partial charge in [0.25, 0.3) is 16.7 Å². The second-order valence-electron chi connectivity index (χ2n) is 30.1. The number of hydrogen-bond donors (Lipinski definition) is 15. The van der Waals surface area contributed by atoms with Gasteiger partial charge in [-0.1, -0.05) is 5.21 Å². The SMILES string of the molecule is Nc1nc2c(ncn2[C@@H]2O[C@@H]3COP(O)(=S)O[C@H]4[C@H](F)[C@H](n5cnc6c(N)ncnc65)O[C@@H]4COP(O)(=S)O[C@@H]2C3(F)F)c(=O)[nH]1.Nc1nc2c(ncn2[C@@H]2O[C@@H]3COP(O)(=S)O[C@H]4[C@H](F)[C@H](n5cnc6c(N)ncnc65)O[C@@H]4COP(O)(=S)O[C@@H]2C3)c(=O)[nH]1.Nc1nc2c(nnn2[C@@H]2O[C@@H]3COP(O)(=S)O[C@H]4[C@H](F)[C@H](n5cnc6c(N)ncnc65)O[C@@H]4COP(O)(=S)O[C@@H]2[C@H]3F)c(=O)[nH]1. The van der Waals surface area contributed by atoms with Crippen molar-refractivity contribution in [2.24, 2.45) is 0 Å². The zero-order valence-electron chi connectivity index (χ0n) is 66.7. The number of alkyl halides is 6. The van der Waals surface area contributed by atoms with E-state index >= 15 is 26.3 Å².